The summed E-state index contributed by atoms with van der Waals surface area (Å²) in [5.74, 6) is 1.03. The molecule has 1 aliphatic heterocycles. The number of hydrogen-bond acceptors (Lipinski definition) is 6. The molecule has 32 heavy (non-hydrogen) atoms. The van der Waals surface area contributed by atoms with E-state index in [2.05, 4.69) is 20.1 Å². The van der Waals surface area contributed by atoms with Crippen molar-refractivity contribution in [1.29, 1.82) is 0 Å². The molecule has 0 atom stereocenters. The molecule has 1 aliphatic rings. The Balaban J connectivity index is 1.33. The average molecular weight is 454 g/mol. The number of anilines is 1. The van der Waals surface area contributed by atoms with Gasteiger partial charge in [0.1, 0.15) is 11.4 Å². The van der Waals surface area contributed by atoms with Crippen molar-refractivity contribution >= 4 is 23.2 Å². The second-order valence-electron chi connectivity index (χ2n) is 7.53. The van der Waals surface area contributed by atoms with Crippen molar-refractivity contribution in [3.63, 3.8) is 0 Å². The van der Waals surface area contributed by atoms with Gasteiger partial charge in [0.05, 0.1) is 7.11 Å². The topological polar surface area (TPSA) is 91.4 Å². The van der Waals surface area contributed by atoms with Gasteiger partial charge in [-0.3, -0.25) is 9.59 Å². The van der Waals surface area contributed by atoms with Crippen molar-refractivity contribution in [3.8, 4) is 17.1 Å². The number of benzene rings is 2. The van der Waals surface area contributed by atoms with Crippen LogP contribution >= 0.6 is 11.6 Å². The Morgan fingerprint density at radius 3 is 2.59 bits per heavy atom. The molecule has 1 aromatic heterocycles. The summed E-state index contributed by atoms with van der Waals surface area (Å²) in [5, 5.41) is 8.88. The molecule has 0 aliphatic carbocycles. The maximum absolute atomic E-state index is 12.7. The number of hydrogen-bond donors (Lipinski definition) is 1. The first-order valence-corrected chi connectivity index (χ1v) is 10.8. The van der Waals surface area contributed by atoms with Crippen molar-refractivity contribution in [2.45, 2.75) is 12.8 Å². The first kappa shape index (κ1) is 21.8. The van der Waals surface area contributed by atoms with E-state index in [1.807, 2.05) is 47.4 Å². The van der Waals surface area contributed by atoms with Crippen LogP contribution in [0.15, 0.2) is 53.3 Å². The van der Waals surface area contributed by atoms with Crippen molar-refractivity contribution in [1.82, 2.24) is 20.1 Å². The van der Waals surface area contributed by atoms with Crippen LogP contribution in [0, 0.1) is 0 Å². The number of halogens is 1. The lowest BCUT2D eigenvalue weighted by Crippen LogP contribution is -2.48. The molecule has 8 nitrogen and oxygen atoms in total. The third-order valence-electron chi connectivity index (χ3n) is 5.49. The fraction of sp³-hybridized carbons (Fsp3) is 0.304. The summed E-state index contributed by atoms with van der Waals surface area (Å²) in [5.41, 5.74) is 1.68. The molecule has 2 aromatic carbocycles. The van der Waals surface area contributed by atoms with Crippen molar-refractivity contribution < 1.29 is 9.53 Å². The lowest BCUT2D eigenvalue weighted by Gasteiger charge is -2.36. The summed E-state index contributed by atoms with van der Waals surface area (Å²) < 4.78 is 5.20. The van der Waals surface area contributed by atoms with Crippen LogP contribution < -0.4 is 15.2 Å². The Morgan fingerprint density at radius 1 is 1.09 bits per heavy atom. The van der Waals surface area contributed by atoms with Crippen LogP contribution in [0.5, 0.6) is 5.75 Å². The summed E-state index contributed by atoms with van der Waals surface area (Å²) in [6.07, 6.45) is 0.460. The molecule has 0 spiro atoms. The molecule has 166 valence electrons. The van der Waals surface area contributed by atoms with Gasteiger partial charge in [-0.05, 0) is 30.3 Å². The first-order valence-electron chi connectivity index (χ1n) is 10.4. The normalized spacial score (nSPS) is 13.8. The zero-order valence-corrected chi connectivity index (χ0v) is 18.5. The monoisotopic (exact) mass is 453 g/mol. The molecule has 4 rings (SSSR count). The highest BCUT2D eigenvalue weighted by Gasteiger charge is 2.22. The Labute approximate surface area is 190 Å². The van der Waals surface area contributed by atoms with Gasteiger partial charge < -0.3 is 19.5 Å². The number of aromatic nitrogens is 3. The van der Waals surface area contributed by atoms with Crippen LogP contribution in [0.1, 0.15) is 12.1 Å². The second kappa shape index (κ2) is 9.82. The van der Waals surface area contributed by atoms with Crippen LogP contribution in [0.3, 0.4) is 0 Å². The Hall–Kier alpha value is -3.39. The van der Waals surface area contributed by atoms with Crippen LogP contribution in [0.4, 0.5) is 5.69 Å². The molecular formula is C23H24ClN5O3. The summed E-state index contributed by atoms with van der Waals surface area (Å²) in [6, 6.07) is 14.9. The largest absolute Gasteiger partial charge is 0.497 e. The molecular weight excluding hydrogens is 430 g/mol. The number of ether oxygens (including phenoxy) is 1. The Kier molecular flexibility index (Phi) is 6.70. The number of amides is 1. The van der Waals surface area contributed by atoms with Gasteiger partial charge in [-0.1, -0.05) is 29.8 Å². The Morgan fingerprint density at radius 2 is 1.88 bits per heavy atom. The van der Waals surface area contributed by atoms with Crippen LogP contribution in [-0.2, 0) is 11.2 Å². The summed E-state index contributed by atoms with van der Waals surface area (Å²) in [7, 11) is 1.57. The van der Waals surface area contributed by atoms with E-state index in [0.29, 0.717) is 35.2 Å². The van der Waals surface area contributed by atoms with Gasteiger partial charge in [0.2, 0.25) is 5.91 Å². The number of nitrogens with one attached hydrogen (secondary N) is 1. The van der Waals surface area contributed by atoms with Gasteiger partial charge in [-0.25, -0.2) is 0 Å². The lowest BCUT2D eigenvalue weighted by molar-refractivity contribution is -0.131. The number of rotatable bonds is 6. The Bertz CT molecular complexity index is 1160. The molecule has 2 heterocycles. The maximum Gasteiger partial charge on any atom is 0.273 e. The molecule has 0 unspecified atom stereocenters. The molecule has 1 N–H and O–H groups in total. The molecule has 9 heteroatoms. The minimum atomic E-state index is -0.337. The van der Waals surface area contributed by atoms with Gasteiger partial charge in [0.15, 0.2) is 5.82 Å². The third kappa shape index (κ3) is 5.08. The van der Waals surface area contributed by atoms with Crippen molar-refractivity contribution in [2.75, 3.05) is 38.2 Å². The first-order chi connectivity index (χ1) is 15.5. The predicted octanol–water partition coefficient (Wildman–Crippen LogP) is 2.78. The number of aromatic amines is 1. The molecule has 1 fully saturated rings. The summed E-state index contributed by atoms with van der Waals surface area (Å²) in [4.78, 5) is 31.9. The van der Waals surface area contributed by atoms with E-state index in [9.17, 15) is 9.59 Å². The summed E-state index contributed by atoms with van der Waals surface area (Å²) >= 11 is 6.08. The molecule has 3 aromatic rings. The smallest absolute Gasteiger partial charge is 0.273 e. The number of carbonyl (C=O) groups excluding carboxylic acids is 1. The SMILES string of the molecule is COc1cccc(-c2nnc(CCC(=O)N3CCN(c4cccc(Cl)c4)CC3)c(=O)[nH]2)c1. The maximum atomic E-state index is 12.7. The van der Waals surface area contributed by atoms with E-state index < -0.39 is 0 Å². The van der Waals surface area contributed by atoms with E-state index in [-0.39, 0.29) is 30.0 Å². The van der Waals surface area contributed by atoms with E-state index in [4.69, 9.17) is 16.3 Å². The van der Waals surface area contributed by atoms with Crippen molar-refractivity contribution in [3.05, 3.63) is 69.6 Å². The zero-order chi connectivity index (χ0) is 22.5. The van der Waals surface area contributed by atoms with Gasteiger partial charge >= 0.3 is 0 Å². The zero-order valence-electron chi connectivity index (χ0n) is 17.8. The van der Waals surface area contributed by atoms with Gasteiger partial charge in [0.25, 0.3) is 5.56 Å². The minimum absolute atomic E-state index is 0.00816. The van der Waals surface area contributed by atoms with Crippen LogP contribution in [0.25, 0.3) is 11.4 Å². The van der Waals surface area contributed by atoms with E-state index in [1.54, 1.807) is 13.2 Å². The quantitative estimate of drug-likeness (QED) is 0.617. The minimum Gasteiger partial charge on any atom is -0.497 e. The molecule has 0 saturated carbocycles. The lowest BCUT2D eigenvalue weighted by atomic mass is 10.2. The van der Waals surface area contributed by atoms with E-state index in [0.717, 1.165) is 18.8 Å². The van der Waals surface area contributed by atoms with Crippen LogP contribution in [0.2, 0.25) is 5.02 Å². The number of carbonyl (C=O) groups is 1. The average Bonchev–Trinajstić information content (AvgIpc) is 2.83. The third-order valence-corrected chi connectivity index (χ3v) is 5.72. The summed E-state index contributed by atoms with van der Waals surface area (Å²) in [6.45, 7) is 2.73. The number of H-pyrrole nitrogens is 1. The second-order valence-corrected chi connectivity index (χ2v) is 7.97. The highest BCUT2D eigenvalue weighted by Crippen LogP contribution is 2.21. The fourth-order valence-electron chi connectivity index (χ4n) is 3.69. The fourth-order valence-corrected chi connectivity index (χ4v) is 3.88. The molecule has 1 saturated heterocycles. The van der Waals surface area contributed by atoms with Crippen LogP contribution in [-0.4, -0.2) is 59.3 Å². The number of piperazine rings is 1. The standard InChI is InChI=1S/C23H24ClN5O3/c1-32-19-7-2-4-16(14-19)22-25-23(31)20(26-27-22)8-9-21(30)29-12-10-28(11-13-29)18-6-3-5-17(24)15-18/h2-7,14-15H,8-13H2,1H3,(H,25,27,31). The van der Waals surface area contributed by atoms with Gasteiger partial charge in [-0.15, -0.1) is 10.2 Å². The number of aryl methyl sites for hydroxylation is 1. The number of methoxy groups -OCH3 is 1. The number of nitrogens with zero attached hydrogens (tertiary/aromatic N) is 4. The van der Waals surface area contributed by atoms with Gasteiger partial charge in [-0.2, -0.15) is 0 Å². The molecule has 0 radical (unpaired) electrons. The van der Waals surface area contributed by atoms with Gasteiger partial charge in [0, 0.05) is 55.3 Å². The van der Waals surface area contributed by atoms with Crippen molar-refractivity contribution in [2.24, 2.45) is 0 Å². The predicted molar refractivity (Wildman–Crippen MR) is 123 cm³/mol. The van der Waals surface area contributed by atoms with E-state index in [1.165, 1.54) is 0 Å². The molecule has 0 bridgehead atoms. The highest BCUT2D eigenvalue weighted by molar-refractivity contribution is 6.30. The van der Waals surface area contributed by atoms with E-state index >= 15 is 0 Å². The highest BCUT2D eigenvalue weighted by atomic mass is 35.5. The molecule has 1 amide bonds.